The van der Waals surface area contributed by atoms with Crippen LogP contribution in [0.15, 0.2) is 18.2 Å². The molecule has 2 saturated heterocycles. The van der Waals surface area contributed by atoms with E-state index in [1.807, 2.05) is 0 Å². The van der Waals surface area contributed by atoms with Gasteiger partial charge in [-0.25, -0.2) is 4.79 Å². The number of nitrogens with zero attached hydrogens (tertiary/aromatic N) is 2. The van der Waals surface area contributed by atoms with E-state index in [2.05, 4.69) is 5.32 Å². The molecule has 4 rings (SSSR count). The normalized spacial score (nSPS) is 24.6. The molecule has 3 aliphatic rings. The van der Waals surface area contributed by atoms with Crippen molar-refractivity contribution >= 4 is 17.8 Å². The highest BCUT2D eigenvalue weighted by molar-refractivity contribution is 5.99. The van der Waals surface area contributed by atoms with E-state index >= 15 is 0 Å². The molecule has 26 heavy (non-hydrogen) atoms. The maximum Gasteiger partial charge on any atom is 0.328 e. The molecule has 0 bridgehead atoms. The molecule has 9 nitrogen and oxygen atoms in total. The third-order valence-electron chi connectivity index (χ3n) is 4.93. The van der Waals surface area contributed by atoms with Gasteiger partial charge in [0.15, 0.2) is 11.5 Å². The average Bonchev–Trinajstić information content (AvgIpc) is 3.10. The van der Waals surface area contributed by atoms with Gasteiger partial charge in [-0.15, -0.1) is 0 Å². The molecule has 0 saturated carbocycles. The molecule has 1 aromatic rings. The first-order valence-corrected chi connectivity index (χ1v) is 8.57. The molecule has 0 radical (unpaired) electrons. The number of primary amides is 1. The summed E-state index contributed by atoms with van der Waals surface area (Å²) in [7, 11) is 0. The number of carbonyl (C=O) groups is 3. The van der Waals surface area contributed by atoms with Gasteiger partial charge in [-0.05, 0) is 37.1 Å². The number of urea groups is 1. The molecule has 3 aliphatic heterocycles. The van der Waals surface area contributed by atoms with Crippen LogP contribution in [0.25, 0.3) is 0 Å². The fourth-order valence-electron chi connectivity index (χ4n) is 3.73. The summed E-state index contributed by atoms with van der Waals surface area (Å²) in [6.45, 7) is 0.728. The second-order valence-corrected chi connectivity index (χ2v) is 6.64. The second kappa shape index (κ2) is 6.49. The predicted octanol–water partition coefficient (Wildman–Crippen LogP) is -0.00950. The van der Waals surface area contributed by atoms with Crippen molar-refractivity contribution in [1.29, 1.82) is 0 Å². The van der Waals surface area contributed by atoms with Crippen molar-refractivity contribution in [2.24, 2.45) is 11.7 Å². The van der Waals surface area contributed by atoms with Gasteiger partial charge in [0.1, 0.15) is 6.54 Å². The Kier molecular flexibility index (Phi) is 4.15. The number of amides is 4. The van der Waals surface area contributed by atoms with Crippen LogP contribution in [0.1, 0.15) is 18.4 Å². The molecule has 2 atom stereocenters. The highest BCUT2D eigenvalue weighted by Crippen LogP contribution is 2.34. The number of piperidine rings is 1. The van der Waals surface area contributed by atoms with Crippen molar-refractivity contribution in [1.82, 2.24) is 15.1 Å². The molecular weight excluding hydrogens is 340 g/mol. The number of imide groups is 1. The van der Waals surface area contributed by atoms with E-state index in [0.717, 1.165) is 12.0 Å². The molecule has 3 heterocycles. The Morgan fingerprint density at radius 3 is 2.88 bits per heavy atom. The zero-order valence-corrected chi connectivity index (χ0v) is 14.1. The van der Waals surface area contributed by atoms with Gasteiger partial charge < -0.3 is 15.2 Å². The maximum atomic E-state index is 12.9. The number of rotatable bonds is 4. The Morgan fingerprint density at radius 1 is 1.27 bits per heavy atom. The van der Waals surface area contributed by atoms with Crippen LogP contribution in [0.3, 0.4) is 0 Å². The van der Waals surface area contributed by atoms with Crippen LogP contribution in [0.4, 0.5) is 4.79 Å². The molecule has 2 unspecified atom stereocenters. The Balaban J connectivity index is 1.60. The number of nitrogens with one attached hydrogen (secondary N) is 1. The van der Waals surface area contributed by atoms with Gasteiger partial charge in [0, 0.05) is 0 Å². The first kappa shape index (κ1) is 16.6. The molecule has 0 aromatic heterocycles. The monoisotopic (exact) mass is 360 g/mol. The van der Waals surface area contributed by atoms with E-state index in [1.54, 1.807) is 18.2 Å². The highest BCUT2D eigenvalue weighted by atomic mass is 16.7. The van der Waals surface area contributed by atoms with Gasteiger partial charge in [0.2, 0.25) is 18.6 Å². The number of ether oxygens (including phenoxy) is 2. The predicted molar refractivity (Wildman–Crippen MR) is 88.9 cm³/mol. The number of benzene rings is 1. The number of carbonyl (C=O) groups excluding carboxylic acids is 3. The third kappa shape index (κ3) is 2.84. The Bertz CT molecular complexity index is 768. The van der Waals surface area contributed by atoms with Crippen LogP contribution in [0.5, 0.6) is 11.5 Å². The van der Waals surface area contributed by atoms with Gasteiger partial charge in [0.05, 0.1) is 18.6 Å². The molecule has 9 heteroatoms. The lowest BCUT2D eigenvalue weighted by Gasteiger charge is -2.46. The van der Waals surface area contributed by atoms with Crippen molar-refractivity contribution in [3.63, 3.8) is 0 Å². The summed E-state index contributed by atoms with van der Waals surface area (Å²) in [5.74, 6) is 0.00445. The van der Waals surface area contributed by atoms with Crippen LogP contribution in [0.2, 0.25) is 0 Å². The summed E-state index contributed by atoms with van der Waals surface area (Å²) in [6.07, 6.45) is 1.02. The summed E-state index contributed by atoms with van der Waals surface area (Å²) < 4.78 is 10.6. The topological polar surface area (TPSA) is 114 Å². The molecule has 0 spiro atoms. The Labute approximate surface area is 150 Å². The summed E-state index contributed by atoms with van der Waals surface area (Å²) in [5, 5.41) is 3.17. The molecular formula is C17H20N4O5. The summed E-state index contributed by atoms with van der Waals surface area (Å²) in [6, 6.07) is 4.79. The lowest BCUT2D eigenvalue weighted by Crippen LogP contribution is -2.68. The van der Waals surface area contributed by atoms with Crippen LogP contribution in [-0.4, -0.2) is 53.7 Å². The highest BCUT2D eigenvalue weighted by Gasteiger charge is 2.47. The van der Waals surface area contributed by atoms with E-state index in [9.17, 15) is 14.4 Å². The summed E-state index contributed by atoms with van der Waals surface area (Å²) in [4.78, 5) is 39.8. The summed E-state index contributed by atoms with van der Waals surface area (Å²) >= 11 is 0. The molecule has 0 aliphatic carbocycles. The Hall–Kier alpha value is -2.81. The lowest BCUT2D eigenvalue weighted by molar-refractivity contribution is -0.143. The second-order valence-electron chi connectivity index (χ2n) is 6.64. The quantitative estimate of drug-likeness (QED) is 0.781. The number of nitrogens with two attached hydrogens (primary N) is 1. The third-order valence-corrected chi connectivity index (χ3v) is 4.93. The van der Waals surface area contributed by atoms with Crippen LogP contribution in [0, 0.1) is 5.92 Å². The zero-order chi connectivity index (χ0) is 18.3. The largest absolute Gasteiger partial charge is 0.454 e. The van der Waals surface area contributed by atoms with Crippen molar-refractivity contribution in [2.75, 3.05) is 19.9 Å². The van der Waals surface area contributed by atoms with Gasteiger partial charge in [-0.2, -0.15) is 0 Å². The van der Waals surface area contributed by atoms with Crippen molar-refractivity contribution in [3.8, 4) is 11.5 Å². The van der Waals surface area contributed by atoms with E-state index in [0.29, 0.717) is 24.5 Å². The maximum absolute atomic E-state index is 12.9. The first-order chi connectivity index (χ1) is 12.5. The smallest absolute Gasteiger partial charge is 0.328 e. The Morgan fingerprint density at radius 2 is 2.08 bits per heavy atom. The van der Waals surface area contributed by atoms with Crippen molar-refractivity contribution in [3.05, 3.63) is 23.8 Å². The van der Waals surface area contributed by atoms with Gasteiger partial charge in [-0.1, -0.05) is 6.07 Å². The van der Waals surface area contributed by atoms with E-state index < -0.39 is 18.1 Å². The minimum atomic E-state index is -0.609. The zero-order valence-electron chi connectivity index (χ0n) is 14.1. The standard InChI is InChI=1S/C17H20N4O5/c18-14(22)8-20-15-11(2-1-5-19-15)16(23)21(17(20)24)7-10-3-4-12-13(6-10)26-9-25-12/h3-4,6,11,15,19H,1-2,5,7-9H2,(H2,18,22). The van der Waals surface area contributed by atoms with Crippen LogP contribution in [-0.2, 0) is 16.1 Å². The van der Waals surface area contributed by atoms with Crippen molar-refractivity contribution < 1.29 is 23.9 Å². The lowest BCUT2D eigenvalue weighted by atomic mass is 9.91. The van der Waals surface area contributed by atoms with Gasteiger partial charge in [-0.3, -0.25) is 24.7 Å². The van der Waals surface area contributed by atoms with E-state index in [1.165, 1.54) is 9.80 Å². The number of hydrogen-bond donors (Lipinski definition) is 2. The minimum Gasteiger partial charge on any atom is -0.454 e. The summed E-state index contributed by atoms with van der Waals surface area (Å²) in [5.41, 5.74) is 6.05. The molecule has 138 valence electrons. The molecule has 2 fully saturated rings. The molecule has 1 aromatic carbocycles. The molecule has 3 N–H and O–H groups in total. The molecule has 4 amide bonds. The SMILES string of the molecule is NC(=O)CN1C(=O)N(Cc2ccc3c(c2)OCO3)C(=O)C2CCCNC21. The minimum absolute atomic E-state index is 0.104. The van der Waals surface area contributed by atoms with Crippen LogP contribution >= 0.6 is 0 Å². The van der Waals surface area contributed by atoms with E-state index in [-0.39, 0.29) is 31.7 Å². The number of hydrogen-bond acceptors (Lipinski definition) is 6. The average molecular weight is 360 g/mol. The van der Waals surface area contributed by atoms with Crippen molar-refractivity contribution in [2.45, 2.75) is 25.6 Å². The van der Waals surface area contributed by atoms with Crippen LogP contribution < -0.4 is 20.5 Å². The fourth-order valence-corrected chi connectivity index (χ4v) is 3.73. The fraction of sp³-hybridized carbons (Fsp3) is 0.471. The van der Waals surface area contributed by atoms with E-state index in [4.69, 9.17) is 15.2 Å². The van der Waals surface area contributed by atoms with Gasteiger partial charge in [0.25, 0.3) is 0 Å². The van der Waals surface area contributed by atoms with Gasteiger partial charge >= 0.3 is 6.03 Å². The number of fused-ring (bicyclic) bond motifs is 2. The first-order valence-electron chi connectivity index (χ1n) is 8.57.